The molecule has 0 atom stereocenters. The molecule has 234 valence electrons. The van der Waals surface area contributed by atoms with Gasteiger partial charge in [-0.2, -0.15) is 0 Å². The average Bonchev–Trinajstić information content (AvgIpc) is 3.73. The van der Waals surface area contributed by atoms with Crippen LogP contribution in [-0.2, 0) is 0 Å². The summed E-state index contributed by atoms with van der Waals surface area (Å²) in [5.41, 5.74) is 8.13. The molecule has 0 bridgehead atoms. The number of thiophene rings is 1. The van der Waals surface area contributed by atoms with Crippen LogP contribution in [0.4, 0.5) is 0 Å². The van der Waals surface area contributed by atoms with Gasteiger partial charge in [0.25, 0.3) is 0 Å². The number of rotatable bonds is 5. The van der Waals surface area contributed by atoms with E-state index in [0.29, 0.717) is 23.2 Å². The van der Waals surface area contributed by atoms with Gasteiger partial charge >= 0.3 is 0 Å². The van der Waals surface area contributed by atoms with E-state index < -0.39 is 0 Å². The molecular formula is C44H27N5S. The normalized spacial score (nSPS) is 11.6. The Morgan fingerprint density at radius 3 is 1.78 bits per heavy atom. The van der Waals surface area contributed by atoms with Crippen LogP contribution in [0.25, 0.3) is 93.1 Å². The van der Waals surface area contributed by atoms with E-state index in [9.17, 15) is 0 Å². The Hall–Kier alpha value is -6.50. The van der Waals surface area contributed by atoms with Crippen molar-refractivity contribution < 1.29 is 0 Å². The molecular weight excluding hydrogens is 631 g/mol. The molecule has 4 heterocycles. The van der Waals surface area contributed by atoms with E-state index in [4.69, 9.17) is 19.9 Å². The Balaban J connectivity index is 1.15. The molecule has 5 nitrogen and oxygen atoms in total. The first-order chi connectivity index (χ1) is 24.8. The minimum absolute atomic E-state index is 0.525. The average molecular weight is 658 g/mol. The second-order valence-corrected chi connectivity index (χ2v) is 13.4. The highest BCUT2D eigenvalue weighted by atomic mass is 32.1. The summed E-state index contributed by atoms with van der Waals surface area (Å²) in [7, 11) is 0. The summed E-state index contributed by atoms with van der Waals surface area (Å²) >= 11 is 1.85. The van der Waals surface area contributed by atoms with Crippen LogP contribution in [-0.4, -0.2) is 24.5 Å². The largest absolute Gasteiger partial charge is 0.309 e. The minimum Gasteiger partial charge on any atom is -0.309 e. The number of pyridine rings is 1. The van der Waals surface area contributed by atoms with Crippen molar-refractivity contribution in [1.82, 2.24) is 24.5 Å². The van der Waals surface area contributed by atoms with Crippen LogP contribution in [0, 0.1) is 0 Å². The Labute approximate surface area is 291 Å². The summed E-state index contributed by atoms with van der Waals surface area (Å²) in [6.07, 6.45) is 1.85. The zero-order valence-corrected chi connectivity index (χ0v) is 27.5. The van der Waals surface area contributed by atoms with Crippen molar-refractivity contribution in [1.29, 1.82) is 0 Å². The number of para-hydroxylation sites is 1. The third-order valence-corrected chi connectivity index (χ3v) is 10.5. The number of hydrogen-bond donors (Lipinski definition) is 0. The fourth-order valence-corrected chi connectivity index (χ4v) is 8.02. The lowest BCUT2D eigenvalue weighted by Crippen LogP contribution is -2.02. The van der Waals surface area contributed by atoms with E-state index >= 15 is 0 Å². The molecule has 6 aromatic carbocycles. The van der Waals surface area contributed by atoms with Gasteiger partial charge < -0.3 is 4.57 Å². The quantitative estimate of drug-likeness (QED) is 0.185. The van der Waals surface area contributed by atoms with Crippen LogP contribution in [0.2, 0.25) is 0 Å². The molecule has 0 radical (unpaired) electrons. The van der Waals surface area contributed by atoms with Crippen LogP contribution < -0.4 is 0 Å². The number of nitrogens with zero attached hydrogens (tertiary/aromatic N) is 5. The minimum atomic E-state index is 0.525. The monoisotopic (exact) mass is 657 g/mol. The summed E-state index contributed by atoms with van der Waals surface area (Å²) in [6, 6.07) is 55.1. The number of fused-ring (bicyclic) bond motifs is 6. The third-order valence-electron chi connectivity index (χ3n) is 9.31. The van der Waals surface area contributed by atoms with Crippen molar-refractivity contribution in [3.05, 3.63) is 164 Å². The highest BCUT2D eigenvalue weighted by molar-refractivity contribution is 7.25. The summed E-state index contributed by atoms with van der Waals surface area (Å²) in [5, 5.41) is 5.00. The maximum Gasteiger partial charge on any atom is 0.182 e. The molecule has 0 aliphatic rings. The lowest BCUT2D eigenvalue weighted by Gasteiger charge is -2.11. The van der Waals surface area contributed by atoms with E-state index in [1.165, 1.54) is 42.1 Å². The topological polar surface area (TPSA) is 56.5 Å². The smallest absolute Gasteiger partial charge is 0.182 e. The van der Waals surface area contributed by atoms with Gasteiger partial charge in [0.1, 0.15) is 5.69 Å². The molecule has 0 spiro atoms. The Kier molecular flexibility index (Phi) is 6.60. The van der Waals surface area contributed by atoms with Crippen molar-refractivity contribution in [3.8, 4) is 51.1 Å². The van der Waals surface area contributed by atoms with Gasteiger partial charge in [-0.1, -0.05) is 115 Å². The summed E-state index contributed by atoms with van der Waals surface area (Å²) in [4.78, 5) is 19.6. The lowest BCUT2D eigenvalue weighted by molar-refractivity contribution is 1.05. The second-order valence-electron chi connectivity index (χ2n) is 12.3. The van der Waals surface area contributed by atoms with Crippen LogP contribution in [0.5, 0.6) is 0 Å². The maximum absolute atomic E-state index is 4.95. The lowest BCUT2D eigenvalue weighted by atomic mass is 10.0. The van der Waals surface area contributed by atoms with Crippen molar-refractivity contribution >= 4 is 53.3 Å². The molecule has 50 heavy (non-hydrogen) atoms. The SMILES string of the molecule is c1ccc(-c2nc(-c3ccccc3)nc(-c3cc(-n4c5ccccc5c5ccc(-c6ccc7sc8ccccc8c7c6)cc54)ccn3)n2)cc1. The van der Waals surface area contributed by atoms with Crippen molar-refractivity contribution in [2.75, 3.05) is 0 Å². The molecule has 0 unspecified atom stereocenters. The zero-order chi connectivity index (χ0) is 33.0. The van der Waals surface area contributed by atoms with E-state index in [-0.39, 0.29) is 0 Å². The molecule has 10 aromatic rings. The van der Waals surface area contributed by atoms with E-state index in [0.717, 1.165) is 27.8 Å². The molecule has 0 saturated heterocycles. The molecule has 0 amide bonds. The number of aromatic nitrogens is 5. The Morgan fingerprint density at radius 1 is 0.400 bits per heavy atom. The van der Waals surface area contributed by atoms with Gasteiger partial charge in [-0.15, -0.1) is 11.3 Å². The fraction of sp³-hybridized carbons (Fsp3) is 0. The van der Waals surface area contributed by atoms with Crippen LogP contribution >= 0.6 is 11.3 Å². The molecule has 6 heteroatoms. The van der Waals surface area contributed by atoms with E-state index in [1.807, 2.05) is 78.2 Å². The molecule has 10 rings (SSSR count). The van der Waals surface area contributed by atoms with Crippen LogP contribution in [0.1, 0.15) is 0 Å². The second kappa shape index (κ2) is 11.6. The van der Waals surface area contributed by atoms with Gasteiger partial charge in [-0.05, 0) is 53.6 Å². The van der Waals surface area contributed by atoms with Crippen molar-refractivity contribution in [2.24, 2.45) is 0 Å². The van der Waals surface area contributed by atoms with Gasteiger partial charge in [-0.25, -0.2) is 15.0 Å². The predicted molar refractivity (Wildman–Crippen MR) is 207 cm³/mol. The van der Waals surface area contributed by atoms with Gasteiger partial charge in [-0.3, -0.25) is 4.98 Å². The molecule has 0 saturated carbocycles. The number of hydrogen-bond acceptors (Lipinski definition) is 5. The molecule has 0 N–H and O–H groups in total. The molecule has 0 fully saturated rings. The molecule has 4 aromatic heterocycles. The molecule has 0 aliphatic heterocycles. The first-order valence-corrected chi connectivity index (χ1v) is 17.4. The Morgan fingerprint density at radius 2 is 1.00 bits per heavy atom. The fourth-order valence-electron chi connectivity index (χ4n) is 6.94. The first kappa shape index (κ1) is 28.5. The van der Waals surface area contributed by atoms with Crippen molar-refractivity contribution in [2.45, 2.75) is 0 Å². The number of benzene rings is 6. The van der Waals surface area contributed by atoms with Gasteiger partial charge in [0.15, 0.2) is 17.5 Å². The van der Waals surface area contributed by atoms with Crippen LogP contribution in [0.15, 0.2) is 164 Å². The van der Waals surface area contributed by atoms with E-state index in [2.05, 4.69) is 102 Å². The summed E-state index contributed by atoms with van der Waals surface area (Å²) < 4.78 is 4.95. The van der Waals surface area contributed by atoms with E-state index in [1.54, 1.807) is 0 Å². The highest BCUT2D eigenvalue weighted by Crippen LogP contribution is 2.39. The van der Waals surface area contributed by atoms with Gasteiger partial charge in [0.2, 0.25) is 0 Å². The van der Waals surface area contributed by atoms with Gasteiger partial charge in [0, 0.05) is 54.0 Å². The van der Waals surface area contributed by atoms with Crippen molar-refractivity contribution in [3.63, 3.8) is 0 Å². The first-order valence-electron chi connectivity index (χ1n) is 16.6. The maximum atomic E-state index is 4.95. The molecule has 0 aliphatic carbocycles. The summed E-state index contributed by atoms with van der Waals surface area (Å²) in [6.45, 7) is 0. The zero-order valence-electron chi connectivity index (χ0n) is 26.7. The summed E-state index contributed by atoms with van der Waals surface area (Å²) in [5.74, 6) is 1.74. The van der Waals surface area contributed by atoms with Crippen LogP contribution in [0.3, 0.4) is 0 Å². The third kappa shape index (κ3) is 4.77. The predicted octanol–water partition coefficient (Wildman–Crippen LogP) is 11.4. The standard InChI is InChI=1S/C44H27N5S/c1-3-11-28(12-4-1)42-46-43(29-13-5-2-6-14-29)48-44(47-42)37-27-32(23-24-45-37)49-38-17-9-7-15-33(38)34-21-19-31(26-39(34)49)30-20-22-41-36(25-30)35-16-8-10-18-40(35)50-41/h1-27H. The Bertz CT molecular complexity index is 2820. The van der Waals surface area contributed by atoms with Gasteiger partial charge in [0.05, 0.1) is 11.0 Å². The highest BCUT2D eigenvalue weighted by Gasteiger charge is 2.17.